The fourth-order valence-electron chi connectivity index (χ4n) is 4.89. The fourth-order valence-corrected chi connectivity index (χ4v) is 6.68. The van der Waals surface area contributed by atoms with Gasteiger partial charge in [-0.3, -0.25) is 4.79 Å². The van der Waals surface area contributed by atoms with Crippen molar-refractivity contribution in [3.8, 4) is 0 Å². The number of alkyl halides is 1. The van der Waals surface area contributed by atoms with Crippen molar-refractivity contribution in [3.05, 3.63) is 64.7 Å². The fraction of sp³-hybridized carbons (Fsp3) is 0.500. The van der Waals surface area contributed by atoms with Gasteiger partial charge in [-0.25, -0.2) is 12.8 Å². The van der Waals surface area contributed by atoms with Crippen LogP contribution in [0.4, 0.5) is 4.39 Å². The molecule has 0 aromatic heterocycles. The standard InChI is InChI=1S/C26H33ClFN3O3S/c27-22-11-13-23(14-12-22)35(33,34)31(25-6-2-1-5-24(25)28)19-20-7-9-21(10-8-20)26(32)29-15-18-30-16-3-4-17-30/h7-14,24-25H,1-6,15-19H2,(H,29,32). The zero-order chi connectivity index (χ0) is 24.8. The zero-order valence-electron chi connectivity index (χ0n) is 19.8. The molecule has 2 aromatic carbocycles. The highest BCUT2D eigenvalue weighted by atomic mass is 35.5. The van der Waals surface area contributed by atoms with Crippen molar-refractivity contribution in [2.75, 3.05) is 26.2 Å². The summed E-state index contributed by atoms with van der Waals surface area (Å²) < 4.78 is 43.3. The first-order chi connectivity index (χ1) is 16.8. The molecular weight excluding hydrogens is 489 g/mol. The largest absolute Gasteiger partial charge is 0.351 e. The average Bonchev–Trinajstić information content (AvgIpc) is 3.37. The quantitative estimate of drug-likeness (QED) is 0.522. The highest BCUT2D eigenvalue weighted by Gasteiger charge is 2.38. The molecule has 4 rings (SSSR count). The van der Waals surface area contributed by atoms with Crippen LogP contribution < -0.4 is 5.32 Å². The summed E-state index contributed by atoms with van der Waals surface area (Å²) in [6.07, 6.45) is 3.59. The second kappa shape index (κ2) is 11.8. The molecule has 1 amide bonds. The lowest BCUT2D eigenvalue weighted by molar-refractivity contribution is 0.0949. The number of likely N-dealkylation sites (tertiary alicyclic amines) is 1. The predicted molar refractivity (Wildman–Crippen MR) is 136 cm³/mol. The predicted octanol–water partition coefficient (Wildman–Crippen LogP) is 4.64. The Morgan fingerprint density at radius 1 is 1.00 bits per heavy atom. The van der Waals surface area contributed by atoms with Crippen molar-refractivity contribution in [2.24, 2.45) is 0 Å². The molecule has 2 atom stereocenters. The number of nitrogens with zero attached hydrogens (tertiary/aromatic N) is 2. The molecule has 0 radical (unpaired) electrons. The van der Waals surface area contributed by atoms with Crippen molar-refractivity contribution < 1.29 is 17.6 Å². The number of hydrogen-bond acceptors (Lipinski definition) is 4. The smallest absolute Gasteiger partial charge is 0.251 e. The number of rotatable bonds is 9. The van der Waals surface area contributed by atoms with Crippen LogP contribution in [0.2, 0.25) is 5.02 Å². The topological polar surface area (TPSA) is 69.7 Å². The first kappa shape index (κ1) is 26.1. The summed E-state index contributed by atoms with van der Waals surface area (Å²) in [5.74, 6) is -0.155. The number of benzene rings is 2. The Balaban J connectivity index is 1.47. The molecule has 2 aromatic rings. The van der Waals surface area contributed by atoms with Gasteiger partial charge in [0.25, 0.3) is 5.91 Å². The molecule has 35 heavy (non-hydrogen) atoms. The summed E-state index contributed by atoms with van der Waals surface area (Å²) in [6, 6.07) is 12.1. The van der Waals surface area contributed by atoms with Crippen LogP contribution in [0.3, 0.4) is 0 Å². The van der Waals surface area contributed by atoms with Crippen molar-refractivity contribution in [1.82, 2.24) is 14.5 Å². The van der Waals surface area contributed by atoms with Gasteiger partial charge in [-0.2, -0.15) is 4.31 Å². The molecule has 0 bridgehead atoms. The van der Waals surface area contributed by atoms with E-state index in [-0.39, 0.29) is 17.3 Å². The van der Waals surface area contributed by atoms with Crippen molar-refractivity contribution in [1.29, 1.82) is 0 Å². The Kier molecular flexibility index (Phi) is 8.81. The number of carbonyl (C=O) groups excluding carboxylic acids is 1. The van der Waals surface area contributed by atoms with E-state index in [4.69, 9.17) is 11.6 Å². The summed E-state index contributed by atoms with van der Waals surface area (Å²) >= 11 is 5.94. The lowest BCUT2D eigenvalue weighted by Gasteiger charge is -2.35. The summed E-state index contributed by atoms with van der Waals surface area (Å²) in [7, 11) is -3.94. The van der Waals surface area contributed by atoms with E-state index < -0.39 is 22.2 Å². The molecule has 1 saturated carbocycles. The highest BCUT2D eigenvalue weighted by Crippen LogP contribution is 2.32. The third-order valence-corrected chi connectivity index (χ3v) is 9.04. The highest BCUT2D eigenvalue weighted by molar-refractivity contribution is 7.89. The molecule has 190 valence electrons. The second-order valence-corrected chi connectivity index (χ2v) is 11.7. The van der Waals surface area contributed by atoms with E-state index >= 15 is 0 Å². The minimum absolute atomic E-state index is 0.0346. The lowest BCUT2D eigenvalue weighted by Crippen LogP contribution is -2.46. The van der Waals surface area contributed by atoms with Gasteiger partial charge in [-0.05, 0) is 80.7 Å². The minimum atomic E-state index is -3.94. The van der Waals surface area contributed by atoms with Gasteiger partial charge in [-0.1, -0.05) is 36.6 Å². The maximum Gasteiger partial charge on any atom is 0.251 e. The van der Waals surface area contributed by atoms with Gasteiger partial charge in [0.1, 0.15) is 6.17 Å². The number of halogens is 2. The molecule has 2 aliphatic rings. The van der Waals surface area contributed by atoms with Crippen LogP contribution in [0, 0.1) is 0 Å². The van der Waals surface area contributed by atoms with Crippen molar-refractivity contribution in [2.45, 2.75) is 62.2 Å². The summed E-state index contributed by atoms with van der Waals surface area (Å²) in [4.78, 5) is 14.9. The van der Waals surface area contributed by atoms with Gasteiger partial charge in [-0.15, -0.1) is 0 Å². The molecule has 2 unspecified atom stereocenters. The Morgan fingerprint density at radius 2 is 1.66 bits per heavy atom. The molecule has 0 spiro atoms. The van der Waals surface area contributed by atoms with Crippen LogP contribution >= 0.6 is 11.6 Å². The first-order valence-corrected chi connectivity index (χ1v) is 14.2. The SMILES string of the molecule is O=C(NCCN1CCCC1)c1ccc(CN(C2CCCCC2F)S(=O)(=O)c2ccc(Cl)cc2)cc1. The van der Waals surface area contributed by atoms with Crippen LogP contribution in [-0.4, -0.2) is 61.9 Å². The van der Waals surface area contributed by atoms with E-state index in [2.05, 4.69) is 10.2 Å². The third kappa shape index (κ3) is 6.61. The number of sulfonamides is 1. The molecule has 2 fully saturated rings. The first-order valence-electron chi connectivity index (χ1n) is 12.4. The van der Waals surface area contributed by atoms with E-state index in [1.54, 1.807) is 24.3 Å². The summed E-state index contributed by atoms with van der Waals surface area (Å²) in [5.41, 5.74) is 1.22. The molecule has 1 saturated heterocycles. The van der Waals surface area contributed by atoms with E-state index in [1.807, 2.05) is 0 Å². The Morgan fingerprint density at radius 3 is 2.31 bits per heavy atom. The van der Waals surface area contributed by atoms with E-state index in [9.17, 15) is 17.6 Å². The Hall–Kier alpha value is -2.00. The van der Waals surface area contributed by atoms with E-state index in [0.717, 1.165) is 32.5 Å². The van der Waals surface area contributed by atoms with Crippen LogP contribution in [0.15, 0.2) is 53.4 Å². The van der Waals surface area contributed by atoms with Gasteiger partial charge < -0.3 is 10.2 Å². The number of nitrogens with one attached hydrogen (secondary N) is 1. The van der Waals surface area contributed by atoms with Crippen molar-refractivity contribution in [3.63, 3.8) is 0 Å². The molecule has 6 nitrogen and oxygen atoms in total. The number of carbonyl (C=O) groups is 1. The molecule has 9 heteroatoms. The third-order valence-electron chi connectivity index (χ3n) is 6.90. The molecule has 1 N–H and O–H groups in total. The average molecular weight is 522 g/mol. The minimum Gasteiger partial charge on any atom is -0.351 e. The van der Waals surface area contributed by atoms with Crippen LogP contribution in [0.5, 0.6) is 0 Å². The number of amides is 1. The van der Waals surface area contributed by atoms with Gasteiger partial charge in [0.05, 0.1) is 10.9 Å². The van der Waals surface area contributed by atoms with E-state index in [0.29, 0.717) is 35.5 Å². The summed E-state index contributed by atoms with van der Waals surface area (Å²) in [5, 5.41) is 3.38. The molecular formula is C26H33ClFN3O3S. The Bertz CT molecular complexity index is 1090. The number of hydrogen-bond donors (Lipinski definition) is 1. The Labute approximate surface area is 212 Å². The van der Waals surface area contributed by atoms with E-state index in [1.165, 1.54) is 41.4 Å². The zero-order valence-corrected chi connectivity index (χ0v) is 21.4. The van der Waals surface area contributed by atoms with Gasteiger partial charge in [0, 0.05) is 30.2 Å². The lowest BCUT2D eigenvalue weighted by atomic mass is 9.93. The van der Waals surface area contributed by atoms with Crippen molar-refractivity contribution >= 4 is 27.5 Å². The van der Waals surface area contributed by atoms with Crippen LogP contribution in [0.25, 0.3) is 0 Å². The van der Waals surface area contributed by atoms with Crippen LogP contribution in [-0.2, 0) is 16.6 Å². The van der Waals surface area contributed by atoms with Gasteiger partial charge >= 0.3 is 0 Å². The normalized spacial score (nSPS) is 21.3. The maximum atomic E-state index is 14.9. The molecule has 1 heterocycles. The molecule has 1 aliphatic heterocycles. The van der Waals surface area contributed by atoms with Gasteiger partial charge in [0.2, 0.25) is 10.0 Å². The van der Waals surface area contributed by atoms with Crippen LogP contribution in [0.1, 0.15) is 54.4 Å². The maximum absolute atomic E-state index is 14.9. The molecule has 1 aliphatic carbocycles. The monoisotopic (exact) mass is 521 g/mol. The summed E-state index contributed by atoms with van der Waals surface area (Å²) in [6.45, 7) is 3.63. The van der Waals surface area contributed by atoms with Gasteiger partial charge in [0.15, 0.2) is 0 Å². The second-order valence-electron chi connectivity index (χ2n) is 9.37.